The van der Waals surface area contributed by atoms with Crippen molar-refractivity contribution in [2.45, 2.75) is 63.8 Å². The van der Waals surface area contributed by atoms with E-state index in [1.165, 1.54) is 0 Å². The highest BCUT2D eigenvalue weighted by molar-refractivity contribution is 5.93. The smallest absolute Gasteiger partial charge is 0.292 e. The number of aromatic amines is 1. The van der Waals surface area contributed by atoms with Gasteiger partial charge >= 0.3 is 0 Å². The predicted octanol–water partition coefficient (Wildman–Crippen LogP) is 2.20. The Hall–Kier alpha value is -2.64. The van der Waals surface area contributed by atoms with Crippen LogP contribution < -0.4 is 0 Å². The molecule has 0 bridgehead atoms. The molecule has 154 valence electrons. The first kappa shape index (κ1) is 18.4. The Bertz CT molecular complexity index is 938. The Balaban J connectivity index is 1.39. The average molecular weight is 397 g/mol. The lowest BCUT2D eigenvalue weighted by Crippen LogP contribution is -2.58. The third-order valence-electron chi connectivity index (χ3n) is 6.90. The van der Waals surface area contributed by atoms with E-state index in [1.54, 1.807) is 6.33 Å². The number of hydrogen-bond acceptors (Lipinski definition) is 5. The lowest BCUT2D eigenvalue weighted by Gasteiger charge is -2.50. The second-order valence-electron chi connectivity index (χ2n) is 8.35. The summed E-state index contributed by atoms with van der Waals surface area (Å²) >= 11 is 0. The SMILES string of the molecule is CCC(=O)N1CCc2[nH]cnc2C12CCN(C(=O)c1onc3c1CCCC3)CC2. The fourth-order valence-corrected chi connectivity index (χ4v) is 5.32. The highest BCUT2D eigenvalue weighted by Crippen LogP contribution is 2.43. The number of H-pyrrole nitrogens is 1. The van der Waals surface area contributed by atoms with Crippen molar-refractivity contribution in [2.75, 3.05) is 19.6 Å². The van der Waals surface area contributed by atoms with Gasteiger partial charge in [-0.1, -0.05) is 12.1 Å². The Morgan fingerprint density at radius 1 is 1.17 bits per heavy atom. The van der Waals surface area contributed by atoms with Gasteiger partial charge in [-0.15, -0.1) is 0 Å². The summed E-state index contributed by atoms with van der Waals surface area (Å²) in [6.45, 7) is 3.76. The van der Waals surface area contributed by atoms with Crippen LogP contribution in [0.1, 0.15) is 72.2 Å². The highest BCUT2D eigenvalue weighted by atomic mass is 16.5. The zero-order chi connectivity index (χ0) is 20.0. The number of nitrogens with one attached hydrogen (secondary N) is 1. The molecule has 1 spiro atoms. The largest absolute Gasteiger partial charge is 0.350 e. The van der Waals surface area contributed by atoms with Gasteiger partial charge < -0.3 is 19.3 Å². The zero-order valence-corrected chi connectivity index (χ0v) is 16.9. The van der Waals surface area contributed by atoms with Gasteiger partial charge in [0.05, 0.1) is 23.3 Å². The molecular formula is C21H27N5O3. The fraction of sp³-hybridized carbons (Fsp3) is 0.619. The minimum atomic E-state index is -0.418. The topological polar surface area (TPSA) is 95.3 Å². The van der Waals surface area contributed by atoms with Crippen molar-refractivity contribution in [3.8, 4) is 0 Å². The number of rotatable bonds is 2. The summed E-state index contributed by atoms with van der Waals surface area (Å²) in [5, 5.41) is 4.14. The number of fused-ring (bicyclic) bond motifs is 3. The van der Waals surface area contributed by atoms with Gasteiger partial charge in [0, 0.05) is 43.7 Å². The summed E-state index contributed by atoms with van der Waals surface area (Å²) < 4.78 is 5.47. The second kappa shape index (κ2) is 7.00. The van der Waals surface area contributed by atoms with Gasteiger partial charge in [0.25, 0.3) is 5.91 Å². The van der Waals surface area contributed by atoms with Gasteiger partial charge in [-0.2, -0.15) is 0 Å². The Morgan fingerprint density at radius 2 is 1.97 bits per heavy atom. The number of carbonyl (C=O) groups excluding carboxylic acids is 2. The molecule has 3 aliphatic rings. The maximum Gasteiger partial charge on any atom is 0.292 e. The molecule has 1 aliphatic carbocycles. The predicted molar refractivity (Wildman–Crippen MR) is 104 cm³/mol. The van der Waals surface area contributed by atoms with Crippen LogP contribution in [0, 0.1) is 0 Å². The van der Waals surface area contributed by atoms with Crippen molar-refractivity contribution in [1.29, 1.82) is 0 Å². The molecule has 29 heavy (non-hydrogen) atoms. The van der Waals surface area contributed by atoms with E-state index < -0.39 is 5.54 Å². The Labute approximate surface area is 169 Å². The van der Waals surface area contributed by atoms with Crippen LogP contribution in [0.3, 0.4) is 0 Å². The summed E-state index contributed by atoms with van der Waals surface area (Å²) in [5.74, 6) is 0.505. The zero-order valence-electron chi connectivity index (χ0n) is 16.9. The third kappa shape index (κ3) is 2.80. The molecule has 2 aromatic rings. The molecule has 1 N–H and O–H groups in total. The van der Waals surface area contributed by atoms with Crippen molar-refractivity contribution < 1.29 is 14.1 Å². The molecule has 2 amide bonds. The molecule has 1 fully saturated rings. The molecular weight excluding hydrogens is 370 g/mol. The first-order valence-corrected chi connectivity index (χ1v) is 10.7. The van der Waals surface area contributed by atoms with Gasteiger partial charge in [0.15, 0.2) is 0 Å². The normalized spacial score (nSPS) is 20.4. The fourth-order valence-electron chi connectivity index (χ4n) is 5.32. The maximum absolute atomic E-state index is 13.2. The van der Waals surface area contributed by atoms with Crippen molar-refractivity contribution in [3.63, 3.8) is 0 Å². The van der Waals surface area contributed by atoms with E-state index in [2.05, 4.69) is 15.1 Å². The van der Waals surface area contributed by atoms with Crippen molar-refractivity contribution in [1.82, 2.24) is 24.9 Å². The Morgan fingerprint density at radius 3 is 2.76 bits per heavy atom. The van der Waals surface area contributed by atoms with Crippen LogP contribution in [0.25, 0.3) is 0 Å². The molecule has 0 unspecified atom stereocenters. The number of piperidine rings is 1. The molecule has 0 saturated carbocycles. The van der Waals surface area contributed by atoms with Crippen LogP contribution in [0.5, 0.6) is 0 Å². The van der Waals surface area contributed by atoms with Crippen LogP contribution >= 0.6 is 0 Å². The number of aryl methyl sites for hydroxylation is 1. The molecule has 1 saturated heterocycles. The van der Waals surface area contributed by atoms with E-state index in [-0.39, 0.29) is 11.8 Å². The number of nitrogens with zero attached hydrogens (tertiary/aromatic N) is 4. The summed E-state index contributed by atoms with van der Waals surface area (Å²) in [6.07, 6.45) is 8.34. The second-order valence-corrected chi connectivity index (χ2v) is 8.35. The maximum atomic E-state index is 13.2. The van der Waals surface area contributed by atoms with Crippen LogP contribution in [0.15, 0.2) is 10.9 Å². The molecule has 8 heteroatoms. The van der Waals surface area contributed by atoms with Gasteiger partial charge in [0.2, 0.25) is 11.7 Å². The monoisotopic (exact) mass is 397 g/mol. The third-order valence-corrected chi connectivity index (χ3v) is 6.90. The lowest BCUT2D eigenvalue weighted by atomic mass is 9.78. The molecule has 2 aliphatic heterocycles. The summed E-state index contributed by atoms with van der Waals surface area (Å²) in [5.41, 5.74) is 3.62. The van der Waals surface area contributed by atoms with E-state index >= 15 is 0 Å². The van der Waals surface area contributed by atoms with Crippen LogP contribution in [-0.4, -0.2) is 56.4 Å². The quantitative estimate of drug-likeness (QED) is 0.838. The molecule has 0 radical (unpaired) electrons. The van der Waals surface area contributed by atoms with Gasteiger partial charge in [-0.25, -0.2) is 4.98 Å². The number of imidazole rings is 1. The number of aromatic nitrogens is 3. The molecule has 0 atom stereocenters. The highest BCUT2D eigenvalue weighted by Gasteiger charge is 2.49. The molecule has 5 rings (SSSR count). The van der Waals surface area contributed by atoms with E-state index in [9.17, 15) is 9.59 Å². The summed E-state index contributed by atoms with van der Waals surface area (Å²) in [6, 6.07) is 0. The number of carbonyl (C=O) groups is 2. The Kier molecular flexibility index (Phi) is 4.44. The van der Waals surface area contributed by atoms with Crippen molar-refractivity contribution in [3.05, 3.63) is 34.7 Å². The molecule has 0 aromatic carbocycles. The first-order chi connectivity index (χ1) is 14.1. The standard InChI is InChI=1S/C21H27N5O3/c1-2-17(27)26-10-7-16-19(23-13-22-16)21(26)8-11-25(12-9-21)20(28)18-14-5-3-4-6-15(14)24-29-18/h13H,2-12H2,1H3,(H,22,23). The minimum absolute atomic E-state index is 0.0677. The van der Waals surface area contributed by atoms with Crippen LogP contribution in [-0.2, 0) is 29.6 Å². The first-order valence-electron chi connectivity index (χ1n) is 10.7. The lowest BCUT2D eigenvalue weighted by molar-refractivity contribution is -0.141. The van der Waals surface area contributed by atoms with Gasteiger partial charge in [-0.05, 0) is 38.5 Å². The minimum Gasteiger partial charge on any atom is -0.350 e. The van der Waals surface area contributed by atoms with E-state index in [0.29, 0.717) is 44.7 Å². The van der Waals surface area contributed by atoms with Crippen molar-refractivity contribution in [2.24, 2.45) is 0 Å². The number of hydrogen-bond donors (Lipinski definition) is 1. The van der Waals surface area contributed by atoms with E-state index in [0.717, 1.165) is 54.7 Å². The van der Waals surface area contributed by atoms with E-state index in [4.69, 9.17) is 4.52 Å². The van der Waals surface area contributed by atoms with Gasteiger partial charge in [-0.3, -0.25) is 9.59 Å². The molecule has 8 nitrogen and oxygen atoms in total. The average Bonchev–Trinajstić information content (AvgIpc) is 3.41. The van der Waals surface area contributed by atoms with Gasteiger partial charge in [0.1, 0.15) is 0 Å². The number of likely N-dealkylation sites (tertiary alicyclic amines) is 1. The number of amides is 2. The molecule has 2 aromatic heterocycles. The summed E-state index contributed by atoms with van der Waals surface area (Å²) in [4.78, 5) is 37.6. The van der Waals surface area contributed by atoms with E-state index in [1.807, 2.05) is 16.7 Å². The van der Waals surface area contributed by atoms with Crippen LogP contribution in [0.2, 0.25) is 0 Å². The van der Waals surface area contributed by atoms with Crippen LogP contribution in [0.4, 0.5) is 0 Å². The molecule has 4 heterocycles. The summed E-state index contributed by atoms with van der Waals surface area (Å²) in [7, 11) is 0. The van der Waals surface area contributed by atoms with Crippen molar-refractivity contribution >= 4 is 11.8 Å².